The van der Waals surface area contributed by atoms with Gasteiger partial charge in [-0.2, -0.15) is 9.61 Å². The molecule has 0 saturated heterocycles. The summed E-state index contributed by atoms with van der Waals surface area (Å²) < 4.78 is 1.93. The second-order valence-electron chi connectivity index (χ2n) is 6.59. The number of hydrogen-bond donors (Lipinski definition) is 1. The largest absolute Gasteiger partial charge is 0.369 e. The van der Waals surface area contributed by atoms with Crippen molar-refractivity contribution in [1.29, 1.82) is 0 Å². The average molecular weight is 323 g/mol. The van der Waals surface area contributed by atoms with Gasteiger partial charge in [0.2, 0.25) is 0 Å². The number of nitrogens with zero attached hydrogens (tertiary/aromatic N) is 4. The van der Waals surface area contributed by atoms with Crippen molar-refractivity contribution in [3.05, 3.63) is 47.2 Å². The lowest BCUT2D eigenvalue weighted by Gasteiger charge is -2.12. The van der Waals surface area contributed by atoms with Crippen LogP contribution < -0.4 is 5.32 Å². The molecule has 0 aliphatic carbocycles. The molecule has 2 aromatic heterocycles. The predicted octanol–water partition coefficient (Wildman–Crippen LogP) is 3.30. The highest BCUT2D eigenvalue weighted by Gasteiger charge is 2.15. The van der Waals surface area contributed by atoms with Crippen molar-refractivity contribution < 1.29 is 0 Å². The molecular weight excluding hydrogens is 298 g/mol. The zero-order chi connectivity index (χ0) is 17.3. The van der Waals surface area contributed by atoms with Crippen molar-refractivity contribution in [2.75, 3.05) is 32.5 Å². The summed E-state index contributed by atoms with van der Waals surface area (Å²) >= 11 is 0. The second-order valence-corrected chi connectivity index (χ2v) is 6.59. The van der Waals surface area contributed by atoms with Crippen molar-refractivity contribution in [1.82, 2.24) is 19.5 Å². The number of fused-ring (bicyclic) bond motifs is 1. The van der Waals surface area contributed by atoms with Gasteiger partial charge in [-0.05, 0) is 40.9 Å². The van der Waals surface area contributed by atoms with Gasteiger partial charge in [0.05, 0.1) is 5.69 Å². The Hall–Kier alpha value is -2.40. The van der Waals surface area contributed by atoms with Gasteiger partial charge in [0, 0.05) is 36.0 Å². The first kappa shape index (κ1) is 16.5. The van der Waals surface area contributed by atoms with Crippen LogP contribution in [0.15, 0.2) is 30.3 Å². The zero-order valence-corrected chi connectivity index (χ0v) is 15.1. The summed E-state index contributed by atoms with van der Waals surface area (Å²) in [5, 5.41) is 8.32. The quantitative estimate of drug-likeness (QED) is 0.782. The van der Waals surface area contributed by atoms with Crippen molar-refractivity contribution in [2.24, 2.45) is 0 Å². The topological polar surface area (TPSA) is 45.5 Å². The lowest BCUT2D eigenvalue weighted by Crippen LogP contribution is -2.21. The van der Waals surface area contributed by atoms with E-state index in [1.54, 1.807) is 0 Å². The monoisotopic (exact) mass is 323 g/mol. The number of nitrogens with one attached hydrogen (secondary N) is 1. The van der Waals surface area contributed by atoms with E-state index < -0.39 is 0 Å². The highest BCUT2D eigenvalue weighted by Crippen LogP contribution is 2.27. The van der Waals surface area contributed by atoms with Gasteiger partial charge in [-0.15, -0.1) is 0 Å². The minimum Gasteiger partial charge on any atom is -0.369 e. The Kier molecular flexibility index (Phi) is 4.53. The zero-order valence-electron chi connectivity index (χ0n) is 15.1. The van der Waals surface area contributed by atoms with Gasteiger partial charge in [-0.1, -0.05) is 23.8 Å². The Morgan fingerprint density at radius 1 is 1.12 bits per heavy atom. The summed E-state index contributed by atoms with van der Waals surface area (Å²) in [6, 6.07) is 10.5. The first-order valence-corrected chi connectivity index (χ1v) is 8.28. The molecule has 3 rings (SSSR count). The summed E-state index contributed by atoms with van der Waals surface area (Å²) in [4.78, 5) is 6.86. The molecule has 126 valence electrons. The standard InChI is InChI=1S/C19H25N5/c1-13-7-6-8-16(11-13)18-15(3)19-21-14(2)12-17(24(19)22-18)20-9-10-23(4)5/h6-8,11-12,20H,9-10H2,1-5H3. The third kappa shape index (κ3) is 3.26. The Morgan fingerprint density at radius 2 is 1.92 bits per heavy atom. The maximum Gasteiger partial charge on any atom is 0.161 e. The smallest absolute Gasteiger partial charge is 0.161 e. The van der Waals surface area contributed by atoms with Crippen LogP contribution in [0.5, 0.6) is 0 Å². The molecule has 0 saturated carbocycles. The Morgan fingerprint density at radius 3 is 2.62 bits per heavy atom. The second kappa shape index (κ2) is 6.61. The molecule has 0 amide bonds. The van der Waals surface area contributed by atoms with Gasteiger partial charge in [0.25, 0.3) is 0 Å². The van der Waals surface area contributed by atoms with Crippen LogP contribution >= 0.6 is 0 Å². The fraction of sp³-hybridized carbons (Fsp3) is 0.368. The number of hydrogen-bond acceptors (Lipinski definition) is 4. The molecule has 0 aliphatic rings. The summed E-state index contributed by atoms with van der Waals surface area (Å²) in [6.07, 6.45) is 0. The highest BCUT2D eigenvalue weighted by molar-refractivity contribution is 5.72. The lowest BCUT2D eigenvalue weighted by atomic mass is 10.1. The Bertz CT molecular complexity index is 864. The number of benzene rings is 1. The Balaban J connectivity index is 2.06. The molecule has 5 heteroatoms. The third-order valence-corrected chi connectivity index (χ3v) is 4.10. The molecule has 1 N–H and O–H groups in total. The van der Waals surface area contributed by atoms with E-state index in [0.717, 1.165) is 47.1 Å². The first-order chi connectivity index (χ1) is 11.5. The van der Waals surface area contributed by atoms with Crippen LogP contribution in [0.4, 0.5) is 5.82 Å². The molecule has 0 bridgehead atoms. The molecule has 0 fully saturated rings. The van der Waals surface area contributed by atoms with Crippen molar-refractivity contribution in [3.8, 4) is 11.3 Å². The van der Waals surface area contributed by atoms with E-state index in [9.17, 15) is 0 Å². The number of rotatable bonds is 5. The van der Waals surface area contributed by atoms with E-state index in [2.05, 4.69) is 68.5 Å². The van der Waals surface area contributed by atoms with Crippen LogP contribution in [0.25, 0.3) is 16.9 Å². The molecular formula is C19H25N5. The molecule has 0 spiro atoms. The number of likely N-dealkylation sites (N-methyl/N-ethyl adjacent to an activating group) is 1. The first-order valence-electron chi connectivity index (χ1n) is 8.28. The lowest BCUT2D eigenvalue weighted by molar-refractivity contribution is 0.425. The average Bonchev–Trinajstić information content (AvgIpc) is 2.84. The fourth-order valence-corrected chi connectivity index (χ4v) is 2.84. The maximum atomic E-state index is 4.84. The molecule has 3 aromatic rings. The fourth-order valence-electron chi connectivity index (χ4n) is 2.84. The SMILES string of the molecule is Cc1cccc(-c2nn3c(NCCN(C)C)cc(C)nc3c2C)c1. The highest BCUT2D eigenvalue weighted by atomic mass is 15.3. The van der Waals surface area contributed by atoms with E-state index in [1.165, 1.54) is 5.56 Å². The van der Waals surface area contributed by atoms with Gasteiger partial charge in [0.15, 0.2) is 5.65 Å². The molecule has 0 unspecified atom stereocenters. The van der Waals surface area contributed by atoms with E-state index in [1.807, 2.05) is 11.4 Å². The van der Waals surface area contributed by atoms with Crippen LogP contribution in [0, 0.1) is 20.8 Å². The van der Waals surface area contributed by atoms with E-state index in [-0.39, 0.29) is 0 Å². The summed E-state index contributed by atoms with van der Waals surface area (Å²) in [5.74, 6) is 0.987. The van der Waals surface area contributed by atoms with Crippen LogP contribution in [0.1, 0.15) is 16.8 Å². The van der Waals surface area contributed by atoms with Crippen LogP contribution in [0.2, 0.25) is 0 Å². The Labute approximate surface area is 143 Å². The molecule has 0 atom stereocenters. The molecule has 5 nitrogen and oxygen atoms in total. The van der Waals surface area contributed by atoms with E-state index in [0.29, 0.717) is 0 Å². The van der Waals surface area contributed by atoms with Gasteiger partial charge in [-0.25, -0.2) is 4.98 Å². The van der Waals surface area contributed by atoms with Crippen LogP contribution in [0.3, 0.4) is 0 Å². The maximum absolute atomic E-state index is 4.84. The van der Waals surface area contributed by atoms with Crippen LogP contribution in [-0.4, -0.2) is 46.7 Å². The summed E-state index contributed by atoms with van der Waals surface area (Å²) in [7, 11) is 4.14. The normalized spacial score (nSPS) is 11.4. The summed E-state index contributed by atoms with van der Waals surface area (Å²) in [5.41, 5.74) is 6.38. The molecule has 0 radical (unpaired) electrons. The summed E-state index contributed by atoms with van der Waals surface area (Å²) in [6.45, 7) is 8.05. The molecule has 24 heavy (non-hydrogen) atoms. The molecule has 1 aromatic carbocycles. The number of anilines is 1. The number of aromatic nitrogens is 3. The van der Waals surface area contributed by atoms with Gasteiger partial charge < -0.3 is 10.2 Å². The molecule has 0 aliphatic heterocycles. The van der Waals surface area contributed by atoms with Gasteiger partial charge in [0.1, 0.15) is 5.82 Å². The van der Waals surface area contributed by atoms with E-state index >= 15 is 0 Å². The minimum atomic E-state index is 0.865. The van der Waals surface area contributed by atoms with Crippen molar-refractivity contribution in [2.45, 2.75) is 20.8 Å². The minimum absolute atomic E-state index is 0.865. The predicted molar refractivity (Wildman–Crippen MR) is 99.7 cm³/mol. The van der Waals surface area contributed by atoms with E-state index in [4.69, 9.17) is 10.1 Å². The third-order valence-electron chi connectivity index (χ3n) is 4.10. The number of aryl methyl sites for hydroxylation is 3. The van der Waals surface area contributed by atoms with Crippen LogP contribution in [-0.2, 0) is 0 Å². The molecule has 2 heterocycles. The van der Waals surface area contributed by atoms with Gasteiger partial charge in [-0.3, -0.25) is 0 Å². The van der Waals surface area contributed by atoms with Gasteiger partial charge >= 0.3 is 0 Å². The van der Waals surface area contributed by atoms with Crippen molar-refractivity contribution >= 4 is 11.5 Å². The van der Waals surface area contributed by atoms with Crippen molar-refractivity contribution in [3.63, 3.8) is 0 Å².